The molecule has 21 heavy (non-hydrogen) atoms. The van der Waals surface area contributed by atoms with E-state index in [9.17, 15) is 0 Å². The van der Waals surface area contributed by atoms with Crippen molar-refractivity contribution in [3.63, 3.8) is 0 Å². The fourth-order valence-corrected chi connectivity index (χ4v) is 3.10. The van der Waals surface area contributed by atoms with Crippen molar-refractivity contribution >= 4 is 0 Å². The topological polar surface area (TPSA) is 18.5 Å². The number of nitrogens with one attached hydrogen (secondary N) is 1. The highest BCUT2D eigenvalue weighted by atomic mass is 15.3. The number of hydrogen-bond acceptors (Lipinski definition) is 3. The van der Waals surface area contributed by atoms with Gasteiger partial charge < -0.3 is 5.32 Å². The molecule has 1 aliphatic heterocycles. The number of benzene rings is 1. The van der Waals surface area contributed by atoms with Crippen molar-refractivity contribution in [2.45, 2.75) is 39.3 Å². The van der Waals surface area contributed by atoms with Gasteiger partial charge in [0.2, 0.25) is 0 Å². The van der Waals surface area contributed by atoms with Crippen LogP contribution >= 0.6 is 0 Å². The smallest absolute Gasteiger partial charge is 0.0447 e. The fraction of sp³-hybridized carbons (Fsp3) is 0.667. The Balaban J connectivity index is 2.07. The summed E-state index contributed by atoms with van der Waals surface area (Å²) in [5.74, 6) is 0. The third kappa shape index (κ3) is 3.85. The van der Waals surface area contributed by atoms with Crippen molar-refractivity contribution in [2.75, 3.05) is 40.3 Å². The highest BCUT2D eigenvalue weighted by Gasteiger charge is 2.31. The maximum absolute atomic E-state index is 3.50. The van der Waals surface area contributed by atoms with E-state index in [0.29, 0.717) is 6.04 Å². The quantitative estimate of drug-likeness (QED) is 0.919. The van der Waals surface area contributed by atoms with Crippen molar-refractivity contribution in [1.29, 1.82) is 0 Å². The molecule has 0 amide bonds. The normalized spacial score (nSPS) is 21.4. The van der Waals surface area contributed by atoms with Crippen molar-refractivity contribution in [3.05, 3.63) is 34.9 Å². The van der Waals surface area contributed by atoms with Gasteiger partial charge in [0.15, 0.2) is 0 Å². The lowest BCUT2D eigenvalue weighted by Crippen LogP contribution is -2.58. The Morgan fingerprint density at radius 1 is 1.19 bits per heavy atom. The summed E-state index contributed by atoms with van der Waals surface area (Å²) in [7, 11) is 4.30. The monoisotopic (exact) mass is 289 g/mol. The van der Waals surface area contributed by atoms with Gasteiger partial charge in [0.25, 0.3) is 0 Å². The molecule has 2 rings (SSSR count). The Labute approximate surface area is 130 Å². The number of aryl methyl sites for hydroxylation is 2. The van der Waals surface area contributed by atoms with Crippen LogP contribution in [0.25, 0.3) is 0 Å². The lowest BCUT2D eigenvalue weighted by atomic mass is 9.97. The third-order valence-corrected chi connectivity index (χ3v) is 5.12. The Hall–Kier alpha value is -0.900. The van der Waals surface area contributed by atoms with Crippen LogP contribution in [0, 0.1) is 13.8 Å². The van der Waals surface area contributed by atoms with E-state index in [1.807, 2.05) is 0 Å². The summed E-state index contributed by atoms with van der Waals surface area (Å²) in [6, 6.07) is 7.24. The van der Waals surface area contributed by atoms with Crippen LogP contribution < -0.4 is 5.32 Å². The molecule has 1 aliphatic rings. The van der Waals surface area contributed by atoms with Gasteiger partial charge in [-0.2, -0.15) is 0 Å². The maximum atomic E-state index is 3.50. The van der Waals surface area contributed by atoms with Gasteiger partial charge in [-0.3, -0.25) is 9.80 Å². The SMILES string of the molecule is CNC(CN1CCN(C)C(C)(C)C1)c1ccc(C)c(C)c1. The van der Waals surface area contributed by atoms with E-state index in [1.165, 1.54) is 16.7 Å². The molecular formula is C18H31N3. The Morgan fingerprint density at radius 3 is 2.48 bits per heavy atom. The molecule has 0 bridgehead atoms. The largest absolute Gasteiger partial charge is 0.312 e. The third-order valence-electron chi connectivity index (χ3n) is 5.12. The molecule has 1 fully saturated rings. The van der Waals surface area contributed by atoms with E-state index in [4.69, 9.17) is 0 Å². The molecule has 3 heteroatoms. The summed E-state index contributed by atoms with van der Waals surface area (Å²) in [5.41, 5.74) is 4.41. The standard InChI is InChI=1S/C18H31N3/c1-14-7-8-16(11-15(14)2)17(19-5)12-21-10-9-20(6)18(3,4)13-21/h7-8,11,17,19H,9-10,12-13H2,1-6H3. The van der Waals surface area contributed by atoms with Crippen molar-refractivity contribution in [3.8, 4) is 0 Å². The first-order chi connectivity index (χ1) is 9.83. The molecule has 3 nitrogen and oxygen atoms in total. The van der Waals surface area contributed by atoms with E-state index in [1.54, 1.807) is 0 Å². The number of rotatable bonds is 4. The molecule has 0 spiro atoms. The highest BCUT2D eigenvalue weighted by molar-refractivity contribution is 5.31. The van der Waals surface area contributed by atoms with Crippen LogP contribution in [0.2, 0.25) is 0 Å². The van der Waals surface area contributed by atoms with Crippen LogP contribution in [0.5, 0.6) is 0 Å². The molecule has 1 saturated heterocycles. The minimum absolute atomic E-state index is 0.264. The van der Waals surface area contributed by atoms with Gasteiger partial charge in [0, 0.05) is 37.8 Å². The lowest BCUT2D eigenvalue weighted by Gasteiger charge is -2.46. The lowest BCUT2D eigenvalue weighted by molar-refractivity contribution is 0.0355. The first-order valence-electron chi connectivity index (χ1n) is 8.01. The van der Waals surface area contributed by atoms with Crippen molar-refractivity contribution in [2.24, 2.45) is 0 Å². The molecular weight excluding hydrogens is 258 g/mol. The molecule has 0 radical (unpaired) electrons. The van der Waals surface area contributed by atoms with Crippen molar-refractivity contribution < 1.29 is 0 Å². The van der Waals surface area contributed by atoms with Gasteiger partial charge in [-0.15, -0.1) is 0 Å². The van der Waals surface area contributed by atoms with E-state index in [2.05, 4.69) is 75.1 Å². The minimum atomic E-state index is 0.264. The van der Waals surface area contributed by atoms with E-state index in [0.717, 1.165) is 26.2 Å². The molecule has 1 aromatic carbocycles. The van der Waals surface area contributed by atoms with Crippen LogP contribution in [0.3, 0.4) is 0 Å². The van der Waals surface area contributed by atoms with Gasteiger partial charge in [0.05, 0.1) is 0 Å². The average Bonchev–Trinajstić information content (AvgIpc) is 2.43. The van der Waals surface area contributed by atoms with Gasteiger partial charge in [-0.05, 0) is 58.5 Å². The number of hydrogen-bond donors (Lipinski definition) is 1. The first-order valence-corrected chi connectivity index (χ1v) is 8.01. The Kier molecular flexibility index (Phi) is 5.07. The van der Waals surface area contributed by atoms with Crippen molar-refractivity contribution in [1.82, 2.24) is 15.1 Å². The summed E-state index contributed by atoms with van der Waals surface area (Å²) >= 11 is 0. The second-order valence-electron chi connectivity index (χ2n) is 7.15. The average molecular weight is 289 g/mol. The maximum Gasteiger partial charge on any atom is 0.0447 e. The summed E-state index contributed by atoms with van der Waals surface area (Å²) < 4.78 is 0. The summed E-state index contributed by atoms with van der Waals surface area (Å²) in [5, 5.41) is 3.50. The second kappa shape index (κ2) is 6.47. The van der Waals surface area contributed by atoms with Crippen LogP contribution in [-0.2, 0) is 0 Å². The number of nitrogens with zero attached hydrogens (tertiary/aromatic N) is 2. The number of piperazine rings is 1. The molecule has 1 heterocycles. The van der Waals surface area contributed by atoms with E-state index < -0.39 is 0 Å². The van der Waals surface area contributed by atoms with Crippen LogP contribution in [0.1, 0.15) is 36.6 Å². The van der Waals surface area contributed by atoms with E-state index >= 15 is 0 Å². The zero-order valence-electron chi connectivity index (χ0n) is 14.5. The Morgan fingerprint density at radius 2 is 1.90 bits per heavy atom. The zero-order chi connectivity index (χ0) is 15.6. The van der Waals surface area contributed by atoms with Gasteiger partial charge in [-0.25, -0.2) is 0 Å². The summed E-state index contributed by atoms with van der Waals surface area (Å²) in [6.07, 6.45) is 0. The molecule has 118 valence electrons. The molecule has 1 N–H and O–H groups in total. The number of likely N-dealkylation sites (N-methyl/N-ethyl adjacent to an activating group) is 2. The highest BCUT2D eigenvalue weighted by Crippen LogP contribution is 2.23. The molecule has 1 aromatic rings. The minimum Gasteiger partial charge on any atom is -0.312 e. The molecule has 1 atom stereocenters. The van der Waals surface area contributed by atoms with Crippen LogP contribution in [0.4, 0.5) is 0 Å². The summed E-state index contributed by atoms with van der Waals surface area (Å²) in [6.45, 7) is 13.6. The van der Waals surface area contributed by atoms with Gasteiger partial charge >= 0.3 is 0 Å². The molecule has 0 aliphatic carbocycles. The predicted octanol–water partition coefficient (Wildman–Crippen LogP) is 2.59. The van der Waals surface area contributed by atoms with Gasteiger partial charge in [-0.1, -0.05) is 18.2 Å². The van der Waals surface area contributed by atoms with E-state index in [-0.39, 0.29) is 5.54 Å². The molecule has 0 aromatic heterocycles. The van der Waals surface area contributed by atoms with Crippen LogP contribution in [-0.4, -0.2) is 55.6 Å². The fourth-order valence-electron chi connectivity index (χ4n) is 3.10. The van der Waals surface area contributed by atoms with Gasteiger partial charge in [0.1, 0.15) is 0 Å². The Bertz CT molecular complexity index is 481. The molecule has 0 saturated carbocycles. The molecule has 1 unspecified atom stereocenters. The predicted molar refractivity (Wildman–Crippen MR) is 90.9 cm³/mol. The second-order valence-corrected chi connectivity index (χ2v) is 7.15. The van der Waals surface area contributed by atoms with Crippen LogP contribution in [0.15, 0.2) is 18.2 Å². The first kappa shape index (κ1) is 16.5. The summed E-state index contributed by atoms with van der Waals surface area (Å²) in [4.78, 5) is 5.06. The zero-order valence-corrected chi connectivity index (χ0v) is 14.5.